The zero-order valence-electron chi connectivity index (χ0n) is 15.5. The van der Waals surface area contributed by atoms with E-state index in [0.717, 1.165) is 29.7 Å². The summed E-state index contributed by atoms with van der Waals surface area (Å²) < 4.78 is 0. The van der Waals surface area contributed by atoms with Crippen molar-refractivity contribution in [3.8, 4) is 11.1 Å². The molecule has 3 aromatic rings. The fourth-order valence-electron chi connectivity index (χ4n) is 3.73. The SMILES string of the molecule is Cc1ccc(-c2cn[nH]c2[C@@H]2CCCN(C(=O)c3c[nH]c(=O)c(Cl)c3)C2)cc1. The largest absolute Gasteiger partial charge is 0.338 e. The Hall–Kier alpha value is -2.86. The number of halogens is 1. The van der Waals surface area contributed by atoms with Crippen LogP contribution in [0, 0.1) is 6.92 Å². The molecular weight excluding hydrogens is 376 g/mol. The average Bonchev–Trinajstić information content (AvgIpc) is 3.20. The van der Waals surface area contributed by atoms with Gasteiger partial charge >= 0.3 is 0 Å². The maximum absolute atomic E-state index is 12.9. The van der Waals surface area contributed by atoms with Gasteiger partial charge in [-0.2, -0.15) is 5.10 Å². The first-order valence-corrected chi connectivity index (χ1v) is 9.68. The van der Waals surface area contributed by atoms with Crippen LogP contribution < -0.4 is 5.56 Å². The third-order valence-corrected chi connectivity index (χ3v) is 5.53. The van der Waals surface area contributed by atoms with E-state index < -0.39 is 5.56 Å². The number of likely N-dealkylation sites (tertiary alicyclic amines) is 1. The van der Waals surface area contributed by atoms with Crippen molar-refractivity contribution in [3.63, 3.8) is 0 Å². The summed E-state index contributed by atoms with van der Waals surface area (Å²) >= 11 is 5.88. The molecular formula is C21H21ClN4O2. The Bertz CT molecular complexity index is 1050. The number of hydrogen-bond acceptors (Lipinski definition) is 3. The second kappa shape index (κ2) is 7.64. The summed E-state index contributed by atoms with van der Waals surface area (Å²) in [5, 5.41) is 7.43. The number of carbonyl (C=O) groups is 1. The van der Waals surface area contributed by atoms with Crippen LogP contribution in [0.4, 0.5) is 0 Å². The van der Waals surface area contributed by atoms with Crippen LogP contribution in [0.3, 0.4) is 0 Å². The maximum Gasteiger partial charge on any atom is 0.266 e. The Kier molecular flexibility index (Phi) is 5.05. The topological polar surface area (TPSA) is 81.8 Å². The zero-order valence-corrected chi connectivity index (χ0v) is 16.3. The molecule has 28 heavy (non-hydrogen) atoms. The van der Waals surface area contributed by atoms with Crippen LogP contribution in [-0.4, -0.2) is 39.1 Å². The first-order valence-electron chi connectivity index (χ1n) is 9.31. The minimum Gasteiger partial charge on any atom is -0.338 e. The Balaban J connectivity index is 1.57. The van der Waals surface area contributed by atoms with Gasteiger partial charge in [0.2, 0.25) is 0 Å². The first-order chi connectivity index (χ1) is 13.5. The normalized spacial score (nSPS) is 16.9. The maximum atomic E-state index is 12.9. The van der Waals surface area contributed by atoms with Gasteiger partial charge in [0, 0.05) is 36.5 Å². The molecule has 2 aromatic heterocycles. The number of amides is 1. The predicted molar refractivity (Wildman–Crippen MR) is 109 cm³/mol. The van der Waals surface area contributed by atoms with Gasteiger partial charge in [0.05, 0.1) is 11.8 Å². The number of pyridine rings is 1. The van der Waals surface area contributed by atoms with Gasteiger partial charge < -0.3 is 9.88 Å². The third-order valence-electron chi connectivity index (χ3n) is 5.25. The number of nitrogens with one attached hydrogen (secondary N) is 2. The number of carbonyl (C=O) groups excluding carboxylic acids is 1. The molecule has 144 valence electrons. The van der Waals surface area contributed by atoms with Gasteiger partial charge in [-0.05, 0) is 31.4 Å². The van der Waals surface area contributed by atoms with Crippen molar-refractivity contribution >= 4 is 17.5 Å². The minimum absolute atomic E-state index is 0.0228. The molecule has 0 saturated carbocycles. The fraction of sp³-hybridized carbons (Fsp3) is 0.286. The highest BCUT2D eigenvalue weighted by Gasteiger charge is 2.28. The summed E-state index contributed by atoms with van der Waals surface area (Å²) in [6, 6.07) is 9.79. The number of rotatable bonds is 3. The number of piperidine rings is 1. The highest BCUT2D eigenvalue weighted by molar-refractivity contribution is 6.30. The Morgan fingerprint density at radius 3 is 2.82 bits per heavy atom. The van der Waals surface area contributed by atoms with E-state index in [9.17, 15) is 9.59 Å². The molecule has 1 saturated heterocycles. The molecule has 3 heterocycles. The van der Waals surface area contributed by atoms with E-state index in [2.05, 4.69) is 46.4 Å². The molecule has 4 rings (SSSR count). The number of nitrogens with zero attached hydrogens (tertiary/aromatic N) is 2. The van der Waals surface area contributed by atoms with E-state index in [0.29, 0.717) is 18.7 Å². The molecule has 0 spiro atoms. The Morgan fingerprint density at radius 1 is 1.29 bits per heavy atom. The van der Waals surface area contributed by atoms with Crippen LogP contribution in [0.15, 0.2) is 47.5 Å². The molecule has 0 unspecified atom stereocenters. The zero-order chi connectivity index (χ0) is 19.7. The van der Waals surface area contributed by atoms with Crippen LogP contribution in [0.5, 0.6) is 0 Å². The lowest BCUT2D eigenvalue weighted by Gasteiger charge is -2.32. The molecule has 7 heteroatoms. The molecule has 0 aliphatic carbocycles. The third kappa shape index (κ3) is 3.60. The van der Waals surface area contributed by atoms with Gasteiger partial charge in [0.1, 0.15) is 5.02 Å². The molecule has 1 fully saturated rings. The van der Waals surface area contributed by atoms with Gasteiger partial charge in [0.15, 0.2) is 0 Å². The minimum atomic E-state index is -0.394. The Morgan fingerprint density at radius 2 is 2.07 bits per heavy atom. The van der Waals surface area contributed by atoms with Crippen molar-refractivity contribution in [1.29, 1.82) is 0 Å². The lowest BCUT2D eigenvalue weighted by Crippen LogP contribution is -2.39. The summed E-state index contributed by atoms with van der Waals surface area (Å²) in [5.41, 5.74) is 4.46. The smallest absolute Gasteiger partial charge is 0.266 e. The van der Waals surface area contributed by atoms with Crippen LogP contribution in [0.1, 0.15) is 40.4 Å². The number of aromatic nitrogens is 3. The molecule has 1 amide bonds. The lowest BCUT2D eigenvalue weighted by atomic mass is 9.90. The van der Waals surface area contributed by atoms with Crippen LogP contribution >= 0.6 is 11.6 Å². The van der Waals surface area contributed by atoms with Crippen molar-refractivity contribution in [2.75, 3.05) is 13.1 Å². The van der Waals surface area contributed by atoms with Crippen LogP contribution in [0.25, 0.3) is 11.1 Å². The van der Waals surface area contributed by atoms with E-state index in [-0.39, 0.29) is 16.8 Å². The van der Waals surface area contributed by atoms with Crippen LogP contribution in [-0.2, 0) is 0 Å². The van der Waals surface area contributed by atoms with Crippen molar-refractivity contribution in [2.45, 2.75) is 25.7 Å². The summed E-state index contributed by atoms with van der Waals surface area (Å²) in [4.78, 5) is 28.7. The van der Waals surface area contributed by atoms with Crippen molar-refractivity contribution in [3.05, 3.63) is 74.9 Å². The molecule has 1 aromatic carbocycles. The number of hydrogen-bond donors (Lipinski definition) is 2. The molecule has 1 aliphatic heterocycles. The Labute approximate surface area is 167 Å². The average molecular weight is 397 g/mol. The lowest BCUT2D eigenvalue weighted by molar-refractivity contribution is 0.0705. The van der Waals surface area contributed by atoms with Gasteiger partial charge in [-0.1, -0.05) is 41.4 Å². The number of aromatic amines is 2. The number of benzene rings is 1. The fourth-order valence-corrected chi connectivity index (χ4v) is 3.90. The van der Waals surface area contributed by atoms with E-state index >= 15 is 0 Å². The van der Waals surface area contributed by atoms with Gasteiger partial charge in [-0.15, -0.1) is 0 Å². The summed E-state index contributed by atoms with van der Waals surface area (Å²) in [6.45, 7) is 3.34. The second-order valence-electron chi connectivity index (χ2n) is 7.22. The monoisotopic (exact) mass is 396 g/mol. The number of H-pyrrole nitrogens is 2. The first kappa shape index (κ1) is 18.5. The van der Waals surface area contributed by atoms with Crippen molar-refractivity contribution < 1.29 is 4.79 Å². The van der Waals surface area contributed by atoms with E-state index in [1.54, 1.807) is 0 Å². The van der Waals surface area contributed by atoms with Crippen LogP contribution in [0.2, 0.25) is 5.02 Å². The van der Waals surface area contributed by atoms with Crippen molar-refractivity contribution in [2.24, 2.45) is 0 Å². The summed E-state index contributed by atoms with van der Waals surface area (Å²) in [7, 11) is 0. The number of aryl methyl sites for hydroxylation is 1. The molecule has 1 atom stereocenters. The highest BCUT2D eigenvalue weighted by Crippen LogP contribution is 2.33. The van der Waals surface area contributed by atoms with Gasteiger partial charge in [-0.3, -0.25) is 14.7 Å². The van der Waals surface area contributed by atoms with E-state index in [1.807, 2.05) is 11.1 Å². The van der Waals surface area contributed by atoms with E-state index in [1.165, 1.54) is 17.8 Å². The second-order valence-corrected chi connectivity index (χ2v) is 7.63. The van der Waals surface area contributed by atoms with E-state index in [4.69, 9.17) is 11.6 Å². The molecule has 2 N–H and O–H groups in total. The predicted octanol–water partition coefficient (Wildman–Crippen LogP) is 3.75. The summed E-state index contributed by atoms with van der Waals surface area (Å²) in [5.74, 6) is 0.0500. The molecule has 0 radical (unpaired) electrons. The highest BCUT2D eigenvalue weighted by atomic mass is 35.5. The summed E-state index contributed by atoms with van der Waals surface area (Å²) in [6.07, 6.45) is 5.16. The standard InChI is InChI=1S/C21H21ClN4O2/c1-13-4-6-14(7-5-13)17-11-24-25-19(17)15-3-2-8-26(12-15)21(28)16-9-18(22)20(27)23-10-16/h4-7,9-11,15H,2-3,8,12H2,1H3,(H,23,27)(H,24,25)/t15-/m1/s1. The molecule has 1 aliphatic rings. The molecule has 0 bridgehead atoms. The molecule has 6 nitrogen and oxygen atoms in total. The van der Waals surface area contributed by atoms with Gasteiger partial charge in [-0.25, -0.2) is 0 Å². The quantitative estimate of drug-likeness (QED) is 0.707. The van der Waals surface area contributed by atoms with Gasteiger partial charge in [0.25, 0.3) is 11.5 Å². The van der Waals surface area contributed by atoms with Crippen molar-refractivity contribution in [1.82, 2.24) is 20.1 Å².